The standard InChI is InChI=1S/C9H12N5O8P/c10-13-12-6-7(16)4(3-21-23(18,19)20)22-8(6)14-2-1-5(15)11-9(14)17/h1-2,4,6-8,16H,3H2,(H,11,15,17)(H2,18,19,20)/t4-,6?,7?,8-/m0/s1. The highest BCUT2D eigenvalue weighted by atomic mass is 31.2. The van der Waals surface area contributed by atoms with Gasteiger partial charge in [-0.05, 0) is 5.53 Å². The van der Waals surface area contributed by atoms with Crippen molar-refractivity contribution in [2.24, 2.45) is 5.11 Å². The minimum Gasteiger partial charge on any atom is -0.390 e. The number of nitrogens with zero attached hydrogens (tertiary/aromatic N) is 4. The molecule has 1 aliphatic heterocycles. The second-order valence-corrected chi connectivity index (χ2v) is 5.79. The van der Waals surface area contributed by atoms with Crippen LogP contribution in [0.3, 0.4) is 0 Å². The minimum absolute atomic E-state index is 0.661. The van der Waals surface area contributed by atoms with Crippen molar-refractivity contribution >= 4 is 7.82 Å². The molecule has 1 fully saturated rings. The first kappa shape index (κ1) is 17.4. The second kappa shape index (κ2) is 6.64. The molecule has 0 saturated carbocycles. The van der Waals surface area contributed by atoms with Gasteiger partial charge in [0.1, 0.15) is 18.4 Å². The monoisotopic (exact) mass is 349 g/mol. The first-order valence-electron chi connectivity index (χ1n) is 6.12. The molecule has 126 valence electrons. The van der Waals surface area contributed by atoms with Gasteiger partial charge >= 0.3 is 13.5 Å². The third-order valence-electron chi connectivity index (χ3n) is 3.05. The van der Waals surface area contributed by atoms with Gasteiger partial charge in [0.2, 0.25) is 0 Å². The van der Waals surface area contributed by atoms with Crippen LogP contribution < -0.4 is 11.2 Å². The summed E-state index contributed by atoms with van der Waals surface area (Å²) in [7, 11) is -4.80. The van der Waals surface area contributed by atoms with E-state index in [9.17, 15) is 19.3 Å². The van der Waals surface area contributed by atoms with Crippen LogP contribution >= 0.6 is 7.82 Å². The van der Waals surface area contributed by atoms with E-state index in [1.807, 2.05) is 4.98 Å². The Hall–Kier alpha value is -1.98. The number of aliphatic hydroxyl groups excluding tert-OH is 1. The summed E-state index contributed by atoms with van der Waals surface area (Å²) < 4.78 is 21.1. The van der Waals surface area contributed by atoms with Gasteiger partial charge in [-0.3, -0.25) is 18.9 Å². The molecule has 23 heavy (non-hydrogen) atoms. The summed E-state index contributed by atoms with van der Waals surface area (Å²) in [5.74, 6) is 0. The SMILES string of the molecule is [N-]=[N+]=NC1C(O)[C@H](COP(=O)(O)O)O[C@@H]1n1ccc(=O)[nH]c1=O. The number of H-pyrrole nitrogens is 1. The van der Waals surface area contributed by atoms with Crippen LogP contribution in [0.15, 0.2) is 27.0 Å². The minimum atomic E-state index is -4.80. The van der Waals surface area contributed by atoms with Crippen molar-refractivity contribution in [2.45, 2.75) is 24.5 Å². The third-order valence-corrected chi connectivity index (χ3v) is 3.54. The van der Waals surface area contributed by atoms with Crippen LogP contribution in [-0.2, 0) is 13.8 Å². The number of azide groups is 1. The average molecular weight is 349 g/mol. The normalized spacial score (nSPS) is 27.6. The molecule has 1 saturated heterocycles. The zero-order valence-corrected chi connectivity index (χ0v) is 12.2. The maximum Gasteiger partial charge on any atom is 0.469 e. The Labute approximate surface area is 127 Å². The topological polar surface area (TPSA) is 200 Å². The molecule has 13 nitrogen and oxygen atoms in total. The molecular formula is C9H12N5O8P. The molecule has 1 aromatic heterocycles. The van der Waals surface area contributed by atoms with Gasteiger partial charge in [0.05, 0.1) is 12.7 Å². The molecule has 1 aromatic rings. The van der Waals surface area contributed by atoms with Gasteiger partial charge in [-0.15, -0.1) is 0 Å². The van der Waals surface area contributed by atoms with E-state index in [-0.39, 0.29) is 0 Å². The first-order chi connectivity index (χ1) is 10.7. The molecule has 0 radical (unpaired) electrons. The Balaban J connectivity index is 2.31. The number of aliphatic hydroxyl groups is 1. The number of aromatic amines is 1. The number of ether oxygens (including phenoxy) is 1. The lowest BCUT2D eigenvalue weighted by atomic mass is 10.1. The summed E-state index contributed by atoms with van der Waals surface area (Å²) in [5, 5.41) is 13.4. The van der Waals surface area contributed by atoms with Crippen molar-refractivity contribution < 1.29 is 28.7 Å². The van der Waals surface area contributed by atoms with E-state index in [2.05, 4.69) is 14.5 Å². The molecule has 0 amide bonds. The molecule has 1 aliphatic rings. The van der Waals surface area contributed by atoms with Gasteiger partial charge in [0.25, 0.3) is 5.56 Å². The predicted octanol–water partition coefficient (Wildman–Crippen LogP) is -1.42. The number of phosphoric acid groups is 1. The van der Waals surface area contributed by atoms with Crippen molar-refractivity contribution in [3.8, 4) is 0 Å². The average Bonchev–Trinajstić information content (AvgIpc) is 2.74. The van der Waals surface area contributed by atoms with Gasteiger partial charge in [-0.25, -0.2) is 9.36 Å². The summed E-state index contributed by atoms with van der Waals surface area (Å²) in [4.78, 5) is 44.7. The molecular weight excluding hydrogens is 337 g/mol. The zero-order chi connectivity index (χ0) is 17.2. The number of hydrogen-bond donors (Lipinski definition) is 4. The van der Waals surface area contributed by atoms with Crippen LogP contribution in [0.4, 0.5) is 0 Å². The van der Waals surface area contributed by atoms with Crippen LogP contribution in [-0.4, -0.2) is 49.3 Å². The van der Waals surface area contributed by atoms with E-state index in [0.717, 1.165) is 16.8 Å². The lowest BCUT2D eigenvalue weighted by Gasteiger charge is -2.17. The molecule has 0 aromatic carbocycles. The molecule has 0 spiro atoms. The first-order valence-corrected chi connectivity index (χ1v) is 7.65. The van der Waals surface area contributed by atoms with Crippen molar-refractivity contribution in [1.82, 2.24) is 9.55 Å². The smallest absolute Gasteiger partial charge is 0.390 e. The highest BCUT2D eigenvalue weighted by molar-refractivity contribution is 7.46. The maximum absolute atomic E-state index is 11.8. The van der Waals surface area contributed by atoms with Crippen LogP contribution in [0, 0.1) is 0 Å². The Kier molecular flexibility index (Phi) is 5.02. The van der Waals surface area contributed by atoms with Crippen molar-refractivity contribution in [2.75, 3.05) is 6.61 Å². The fourth-order valence-electron chi connectivity index (χ4n) is 2.08. The lowest BCUT2D eigenvalue weighted by molar-refractivity contribution is -0.0456. The second-order valence-electron chi connectivity index (χ2n) is 4.55. The Bertz CT molecular complexity index is 779. The lowest BCUT2D eigenvalue weighted by Crippen LogP contribution is -2.36. The summed E-state index contributed by atoms with van der Waals surface area (Å²) in [6.07, 6.45) is -2.95. The fourth-order valence-corrected chi connectivity index (χ4v) is 2.42. The maximum atomic E-state index is 11.8. The van der Waals surface area contributed by atoms with Gasteiger partial charge in [-0.1, -0.05) is 5.11 Å². The summed E-state index contributed by atoms with van der Waals surface area (Å²) >= 11 is 0. The van der Waals surface area contributed by atoms with Crippen LogP contribution in [0.25, 0.3) is 10.4 Å². The zero-order valence-electron chi connectivity index (χ0n) is 11.3. The highest BCUT2D eigenvalue weighted by Gasteiger charge is 2.45. The Morgan fingerprint density at radius 2 is 2.22 bits per heavy atom. The van der Waals surface area contributed by atoms with E-state index in [4.69, 9.17) is 20.1 Å². The third kappa shape index (κ3) is 4.06. The number of hydrogen-bond acceptors (Lipinski definition) is 7. The van der Waals surface area contributed by atoms with Crippen molar-refractivity contribution in [3.63, 3.8) is 0 Å². The summed E-state index contributed by atoms with van der Waals surface area (Å²) in [6, 6.07) is -0.252. The molecule has 0 bridgehead atoms. The summed E-state index contributed by atoms with van der Waals surface area (Å²) in [5.41, 5.74) is 7.03. The molecule has 4 N–H and O–H groups in total. The van der Waals surface area contributed by atoms with Crippen molar-refractivity contribution in [3.05, 3.63) is 43.5 Å². The number of phosphoric ester groups is 1. The van der Waals surface area contributed by atoms with E-state index >= 15 is 0 Å². The quantitative estimate of drug-likeness (QED) is 0.215. The van der Waals surface area contributed by atoms with E-state index < -0.39 is 50.2 Å². The molecule has 4 atom stereocenters. The van der Waals surface area contributed by atoms with E-state index in [1.165, 1.54) is 0 Å². The molecule has 14 heteroatoms. The van der Waals surface area contributed by atoms with Crippen LogP contribution in [0.5, 0.6) is 0 Å². The molecule has 2 heterocycles. The number of aromatic nitrogens is 2. The van der Waals surface area contributed by atoms with Gasteiger partial charge in [-0.2, -0.15) is 0 Å². The largest absolute Gasteiger partial charge is 0.469 e. The van der Waals surface area contributed by atoms with Gasteiger partial charge in [0.15, 0.2) is 0 Å². The number of rotatable bonds is 5. The van der Waals surface area contributed by atoms with Crippen LogP contribution in [0.1, 0.15) is 6.23 Å². The Morgan fingerprint density at radius 3 is 2.78 bits per heavy atom. The van der Waals surface area contributed by atoms with Crippen molar-refractivity contribution in [1.29, 1.82) is 0 Å². The van der Waals surface area contributed by atoms with Crippen LogP contribution in [0.2, 0.25) is 0 Å². The molecule has 0 aliphatic carbocycles. The Morgan fingerprint density at radius 1 is 1.52 bits per heavy atom. The predicted molar refractivity (Wildman–Crippen MR) is 72.2 cm³/mol. The van der Waals surface area contributed by atoms with E-state index in [0.29, 0.717) is 0 Å². The van der Waals surface area contributed by atoms with Gasteiger partial charge in [0, 0.05) is 17.2 Å². The molecule has 2 rings (SSSR count). The molecule has 2 unspecified atom stereocenters. The fraction of sp³-hybridized carbons (Fsp3) is 0.556. The number of nitrogens with one attached hydrogen (secondary N) is 1. The van der Waals surface area contributed by atoms with E-state index in [1.54, 1.807) is 0 Å². The highest BCUT2D eigenvalue weighted by Crippen LogP contribution is 2.38. The van der Waals surface area contributed by atoms with Gasteiger partial charge < -0.3 is 19.6 Å². The summed E-state index contributed by atoms with van der Waals surface area (Å²) in [6.45, 7) is -0.697.